The monoisotopic (exact) mass is 332 g/mol. The van der Waals surface area contributed by atoms with Crippen molar-refractivity contribution in [2.24, 2.45) is 0 Å². The summed E-state index contributed by atoms with van der Waals surface area (Å²) in [6, 6.07) is 0.670. The Morgan fingerprint density at radius 3 is 2.29 bits per heavy atom. The van der Waals surface area contributed by atoms with E-state index in [1.165, 1.54) is 0 Å². The zero-order chi connectivity index (χ0) is 11.9. The number of fused-ring (bicyclic) bond motifs is 1. The third-order valence-corrected chi connectivity index (χ3v) is 1.91. The zero-order valence-corrected chi connectivity index (χ0v) is 9.23. The molecule has 0 bridgehead atoms. The van der Waals surface area contributed by atoms with Gasteiger partial charge in [-0.2, -0.15) is 10.3 Å². The first-order valence-corrected chi connectivity index (χ1v) is 3.87. The average Bonchev–Trinajstić information content (AvgIpc) is 2.65. The molecule has 0 aliphatic rings. The predicted molar refractivity (Wildman–Crippen MR) is 48.9 cm³/mol. The van der Waals surface area contributed by atoms with Crippen molar-refractivity contribution in [2.45, 2.75) is 0 Å². The van der Waals surface area contributed by atoms with Crippen molar-refractivity contribution in [3.63, 3.8) is 0 Å². The summed E-state index contributed by atoms with van der Waals surface area (Å²) in [5.41, 5.74) is -2.16. The minimum Gasteiger partial charge on any atom is -0.505 e. The van der Waals surface area contributed by atoms with Crippen molar-refractivity contribution in [3.05, 3.63) is 26.3 Å². The Morgan fingerprint density at radius 1 is 1.18 bits per heavy atom. The first-order valence-electron chi connectivity index (χ1n) is 3.87. The first-order chi connectivity index (χ1) is 7.52. The van der Waals surface area contributed by atoms with Crippen molar-refractivity contribution in [1.82, 2.24) is 15.4 Å². The normalized spacial score (nSPS) is 9.88. The second kappa shape index (κ2) is 4.45. The molecule has 0 saturated heterocycles. The summed E-state index contributed by atoms with van der Waals surface area (Å²) in [5, 5.41) is 39.5. The van der Waals surface area contributed by atoms with Crippen LogP contribution in [0, 0.1) is 20.2 Å². The van der Waals surface area contributed by atoms with Crippen molar-refractivity contribution < 1.29 is 37.3 Å². The van der Waals surface area contributed by atoms with Gasteiger partial charge in [0.1, 0.15) is 0 Å². The van der Waals surface area contributed by atoms with E-state index in [9.17, 15) is 25.3 Å². The summed E-state index contributed by atoms with van der Waals surface area (Å²) in [4.78, 5) is 19.4. The van der Waals surface area contributed by atoms with Gasteiger partial charge in [-0.25, -0.2) is 0 Å². The summed E-state index contributed by atoms with van der Waals surface area (Å²) < 4.78 is 0. The second-order valence-corrected chi connectivity index (χ2v) is 2.80. The quantitative estimate of drug-likeness (QED) is 0.461. The number of hydrogen-bond acceptors (Lipinski definition) is 7. The molecule has 0 saturated carbocycles. The topological polar surface area (TPSA) is 148 Å². The number of nitro groups is 2. The van der Waals surface area contributed by atoms with E-state index in [2.05, 4.69) is 15.4 Å². The minimum atomic E-state index is -0.966. The Morgan fingerprint density at radius 2 is 1.76 bits per heavy atom. The molecule has 2 rings (SSSR count). The largest absolute Gasteiger partial charge is 0.505 e. The maximum absolute atomic E-state index is 10.7. The molecule has 1 radical (unpaired) electrons. The van der Waals surface area contributed by atoms with Gasteiger partial charge in [-0.05, 0) is 0 Å². The van der Waals surface area contributed by atoms with Crippen LogP contribution >= 0.6 is 0 Å². The number of aromatic hydroxyl groups is 1. The van der Waals surface area contributed by atoms with E-state index in [0.29, 0.717) is 6.07 Å². The smallest absolute Gasteiger partial charge is 0.375 e. The van der Waals surface area contributed by atoms with Crippen molar-refractivity contribution in [1.29, 1.82) is 0 Å². The van der Waals surface area contributed by atoms with Gasteiger partial charge in [-0.1, -0.05) is 0 Å². The van der Waals surface area contributed by atoms with E-state index in [0.717, 1.165) is 0 Å². The van der Waals surface area contributed by atoms with Crippen LogP contribution in [0.5, 0.6) is 5.75 Å². The zero-order valence-electron chi connectivity index (χ0n) is 7.75. The van der Waals surface area contributed by atoms with E-state index in [1.807, 2.05) is 0 Å². The van der Waals surface area contributed by atoms with Crippen LogP contribution < -0.4 is 0 Å². The van der Waals surface area contributed by atoms with Gasteiger partial charge in [0.25, 0.3) is 0 Å². The van der Waals surface area contributed by atoms with Crippen LogP contribution in [0.1, 0.15) is 0 Å². The van der Waals surface area contributed by atoms with Crippen LogP contribution in [0.15, 0.2) is 6.07 Å². The molecule has 10 nitrogen and oxygen atoms in total. The number of hydrogen-bond donors (Lipinski definition) is 2. The van der Waals surface area contributed by atoms with Crippen molar-refractivity contribution >= 4 is 22.4 Å². The van der Waals surface area contributed by atoms with E-state index in [1.54, 1.807) is 0 Å². The molecule has 0 amide bonds. The predicted octanol–water partition coefficient (Wildman–Crippen LogP) is 0.477. The van der Waals surface area contributed by atoms with Crippen LogP contribution in [0.2, 0.25) is 0 Å². The van der Waals surface area contributed by atoms with E-state index >= 15 is 0 Å². The summed E-state index contributed by atoms with van der Waals surface area (Å²) in [7, 11) is 0. The number of nitrogens with zero attached hydrogens (tertiary/aromatic N) is 4. The molecule has 93 valence electrons. The van der Waals surface area contributed by atoms with E-state index in [-0.39, 0.29) is 33.4 Å². The Hall–Kier alpha value is -2.04. The van der Waals surface area contributed by atoms with E-state index in [4.69, 9.17) is 0 Å². The molecule has 0 aliphatic heterocycles. The van der Waals surface area contributed by atoms with Crippen LogP contribution in [-0.2, 0) is 22.4 Å². The van der Waals surface area contributed by atoms with Gasteiger partial charge in [-0.3, -0.25) is 20.2 Å². The fourth-order valence-corrected chi connectivity index (χ4v) is 1.28. The van der Waals surface area contributed by atoms with Crippen molar-refractivity contribution in [2.75, 3.05) is 0 Å². The van der Waals surface area contributed by atoms with Gasteiger partial charge in [0.15, 0.2) is 11.3 Å². The van der Waals surface area contributed by atoms with Crippen LogP contribution in [0.3, 0.4) is 0 Å². The maximum Gasteiger partial charge on any atom is 0.375 e. The van der Waals surface area contributed by atoms with Gasteiger partial charge in [0.05, 0.1) is 15.9 Å². The molecule has 0 atom stereocenters. The van der Waals surface area contributed by atoms with Gasteiger partial charge in [0, 0.05) is 22.4 Å². The van der Waals surface area contributed by atoms with Gasteiger partial charge in [-0.15, -0.1) is 5.10 Å². The number of rotatable bonds is 2. The number of aromatic amines is 1. The summed E-state index contributed by atoms with van der Waals surface area (Å²) in [6.07, 6.45) is 0. The molecule has 11 heteroatoms. The molecule has 17 heavy (non-hydrogen) atoms. The standard InChI is InChI=1S/C6H3N5O5.Ag/c12-3-1-2(10(13)14)6(11(15)16)5-4(3)7-9-8-5;/h1,12H,(H,7,8,9);. The van der Waals surface area contributed by atoms with Gasteiger partial charge in [0.2, 0.25) is 5.52 Å². The molecular weight excluding hydrogens is 330 g/mol. The van der Waals surface area contributed by atoms with Gasteiger partial charge < -0.3 is 5.11 Å². The third-order valence-electron chi connectivity index (χ3n) is 1.91. The van der Waals surface area contributed by atoms with Crippen molar-refractivity contribution in [3.8, 4) is 5.75 Å². The SMILES string of the molecule is O=[N+]([O-])c1cc(O)c2n[nH]nc2c1[N+](=O)[O-].[Ag]. The molecule has 0 aliphatic carbocycles. The fourth-order valence-electron chi connectivity index (χ4n) is 1.28. The molecule has 2 aromatic rings. The number of nitrogens with one attached hydrogen (secondary N) is 1. The average molecular weight is 333 g/mol. The molecular formula is C6H3AgN5O5. The molecule has 0 spiro atoms. The van der Waals surface area contributed by atoms with Crippen LogP contribution in [0.4, 0.5) is 11.4 Å². The number of nitro benzene ring substituents is 2. The minimum absolute atomic E-state index is 0. The summed E-state index contributed by atoms with van der Waals surface area (Å²) in [6.45, 7) is 0. The molecule has 1 aromatic heterocycles. The Kier molecular flexibility index (Phi) is 3.41. The van der Waals surface area contributed by atoms with Crippen LogP contribution in [-0.4, -0.2) is 30.4 Å². The Balaban J connectivity index is 0.00000144. The second-order valence-electron chi connectivity index (χ2n) is 2.80. The van der Waals surface area contributed by atoms with Crippen LogP contribution in [0.25, 0.3) is 11.0 Å². The molecule has 1 aromatic carbocycles. The first kappa shape index (κ1) is 13.0. The molecule has 0 fully saturated rings. The molecule has 0 unspecified atom stereocenters. The fraction of sp³-hybridized carbons (Fsp3) is 0. The number of aromatic nitrogens is 3. The summed E-state index contributed by atoms with van der Waals surface area (Å²) >= 11 is 0. The number of H-pyrrole nitrogens is 1. The summed E-state index contributed by atoms with van der Waals surface area (Å²) in [5.74, 6) is -0.541. The van der Waals surface area contributed by atoms with Gasteiger partial charge >= 0.3 is 11.4 Å². The van der Waals surface area contributed by atoms with E-state index < -0.39 is 27.0 Å². The Bertz CT molecular complexity index is 610. The number of benzene rings is 1. The maximum atomic E-state index is 10.7. The third kappa shape index (κ3) is 1.96. The molecule has 1 heterocycles. The molecule has 2 N–H and O–H groups in total. The Labute approximate surface area is 107 Å². The number of phenols is 1. The number of phenolic OH excluding ortho intramolecular Hbond substituents is 1.